The summed E-state index contributed by atoms with van der Waals surface area (Å²) in [4.78, 5) is 25.3. The highest BCUT2D eigenvalue weighted by Crippen LogP contribution is 2.30. The fraction of sp³-hybridized carbons (Fsp3) is 0.533. The Morgan fingerprint density at radius 3 is 2.52 bits per heavy atom. The molecule has 0 unspecified atom stereocenters. The Hall–Kier alpha value is -2.11. The van der Waals surface area contributed by atoms with Gasteiger partial charge in [0.25, 0.3) is 5.91 Å². The van der Waals surface area contributed by atoms with Crippen LogP contribution in [0.2, 0.25) is 0 Å². The number of carbonyl (C=O) groups is 1. The molecule has 1 aromatic carbocycles. The number of nitro groups is 1. The average Bonchev–Trinajstić information content (AvgIpc) is 2.75. The second-order valence-electron chi connectivity index (χ2n) is 5.20. The van der Waals surface area contributed by atoms with Crippen LogP contribution in [0.25, 0.3) is 0 Å². The first kappa shape index (κ1) is 15.3. The largest absolute Gasteiger partial charge is 0.380 e. The fourth-order valence-corrected chi connectivity index (χ4v) is 2.69. The van der Waals surface area contributed by atoms with Crippen molar-refractivity contribution in [2.45, 2.75) is 32.6 Å². The molecule has 1 heterocycles. The molecule has 1 saturated heterocycles. The van der Waals surface area contributed by atoms with E-state index in [4.69, 9.17) is 0 Å². The quantitative estimate of drug-likeness (QED) is 0.683. The van der Waals surface area contributed by atoms with Gasteiger partial charge in [-0.2, -0.15) is 0 Å². The van der Waals surface area contributed by atoms with Gasteiger partial charge in [0, 0.05) is 19.6 Å². The molecule has 1 aliphatic rings. The zero-order valence-corrected chi connectivity index (χ0v) is 12.3. The van der Waals surface area contributed by atoms with E-state index >= 15 is 0 Å². The highest BCUT2D eigenvalue weighted by molar-refractivity contribution is 6.00. The average molecular weight is 291 g/mol. The molecule has 0 saturated carbocycles. The van der Waals surface area contributed by atoms with Crippen LogP contribution in [0.15, 0.2) is 18.2 Å². The van der Waals surface area contributed by atoms with Crippen molar-refractivity contribution in [3.63, 3.8) is 0 Å². The second kappa shape index (κ2) is 7.06. The van der Waals surface area contributed by atoms with E-state index in [9.17, 15) is 14.9 Å². The molecule has 1 N–H and O–H groups in total. The number of nitrogens with zero attached hydrogens (tertiary/aromatic N) is 2. The zero-order chi connectivity index (χ0) is 15.2. The number of nitrogens with one attached hydrogen (secondary N) is 1. The summed E-state index contributed by atoms with van der Waals surface area (Å²) in [5, 5.41) is 14.3. The monoisotopic (exact) mass is 291 g/mol. The van der Waals surface area contributed by atoms with Crippen LogP contribution in [0.3, 0.4) is 0 Å². The third kappa shape index (κ3) is 3.51. The fourth-order valence-electron chi connectivity index (χ4n) is 2.69. The molecular formula is C15H21N3O3. The van der Waals surface area contributed by atoms with Crippen LogP contribution in [-0.2, 0) is 0 Å². The Morgan fingerprint density at radius 2 is 1.95 bits per heavy atom. The minimum Gasteiger partial charge on any atom is -0.380 e. The molecule has 0 bridgehead atoms. The lowest BCUT2D eigenvalue weighted by atomic mass is 10.1. The number of benzene rings is 1. The van der Waals surface area contributed by atoms with E-state index in [0.717, 1.165) is 25.7 Å². The second-order valence-corrected chi connectivity index (χ2v) is 5.20. The predicted molar refractivity (Wildman–Crippen MR) is 81.6 cm³/mol. The number of hydrogen-bond donors (Lipinski definition) is 1. The predicted octanol–water partition coefficient (Wildman–Crippen LogP) is 3.04. The minimum absolute atomic E-state index is 0.117. The van der Waals surface area contributed by atoms with Crippen LogP contribution < -0.4 is 5.32 Å². The maximum absolute atomic E-state index is 12.6. The van der Waals surface area contributed by atoms with Crippen molar-refractivity contribution in [2.24, 2.45) is 0 Å². The van der Waals surface area contributed by atoms with Crippen LogP contribution in [0.1, 0.15) is 43.0 Å². The van der Waals surface area contributed by atoms with Crippen molar-refractivity contribution in [2.75, 3.05) is 25.0 Å². The van der Waals surface area contributed by atoms with Crippen LogP contribution >= 0.6 is 0 Å². The molecule has 114 valence electrons. The summed E-state index contributed by atoms with van der Waals surface area (Å²) in [5.41, 5.74) is 0.470. The third-order valence-electron chi connectivity index (χ3n) is 3.71. The van der Waals surface area contributed by atoms with Gasteiger partial charge < -0.3 is 10.2 Å². The molecule has 2 rings (SSSR count). The van der Waals surface area contributed by atoms with Crippen LogP contribution in [-0.4, -0.2) is 35.4 Å². The van der Waals surface area contributed by atoms with Gasteiger partial charge in [-0.05, 0) is 31.9 Å². The van der Waals surface area contributed by atoms with Gasteiger partial charge in [-0.25, -0.2) is 0 Å². The maximum Gasteiger partial charge on any atom is 0.305 e. The van der Waals surface area contributed by atoms with E-state index < -0.39 is 4.92 Å². The summed E-state index contributed by atoms with van der Waals surface area (Å²) < 4.78 is 0. The van der Waals surface area contributed by atoms with Crippen molar-refractivity contribution in [3.05, 3.63) is 33.9 Å². The van der Waals surface area contributed by atoms with E-state index in [1.807, 2.05) is 6.92 Å². The number of hydrogen-bond acceptors (Lipinski definition) is 4. The number of rotatable bonds is 4. The lowest BCUT2D eigenvalue weighted by Crippen LogP contribution is -2.32. The highest BCUT2D eigenvalue weighted by Gasteiger charge is 2.27. The molecule has 6 heteroatoms. The number of amides is 1. The van der Waals surface area contributed by atoms with Crippen LogP contribution in [0, 0.1) is 10.1 Å². The summed E-state index contributed by atoms with van der Waals surface area (Å²) in [6, 6.07) is 4.88. The number of para-hydroxylation sites is 1. The Bertz CT molecular complexity index is 523. The van der Waals surface area contributed by atoms with Crippen molar-refractivity contribution < 1.29 is 9.72 Å². The van der Waals surface area contributed by atoms with E-state index in [1.54, 1.807) is 23.1 Å². The minimum atomic E-state index is -0.469. The van der Waals surface area contributed by atoms with Crippen molar-refractivity contribution in [3.8, 4) is 0 Å². The van der Waals surface area contributed by atoms with Crippen molar-refractivity contribution >= 4 is 17.3 Å². The topological polar surface area (TPSA) is 75.5 Å². The van der Waals surface area contributed by atoms with Gasteiger partial charge in [0.2, 0.25) is 0 Å². The molecule has 6 nitrogen and oxygen atoms in total. The van der Waals surface area contributed by atoms with Gasteiger partial charge in [-0.3, -0.25) is 14.9 Å². The van der Waals surface area contributed by atoms with E-state index in [2.05, 4.69) is 5.32 Å². The molecule has 0 radical (unpaired) electrons. The lowest BCUT2D eigenvalue weighted by molar-refractivity contribution is -0.384. The first-order valence-corrected chi connectivity index (χ1v) is 7.45. The highest BCUT2D eigenvalue weighted by atomic mass is 16.6. The van der Waals surface area contributed by atoms with Gasteiger partial charge in [0.1, 0.15) is 11.3 Å². The molecule has 0 spiro atoms. The van der Waals surface area contributed by atoms with Gasteiger partial charge >= 0.3 is 5.69 Å². The molecule has 1 fully saturated rings. The van der Waals surface area contributed by atoms with E-state index in [1.165, 1.54) is 0 Å². The third-order valence-corrected chi connectivity index (χ3v) is 3.71. The Balaban J connectivity index is 2.35. The Kier molecular flexibility index (Phi) is 5.14. The number of nitro benzene ring substituents is 1. The molecule has 0 atom stereocenters. The molecule has 1 amide bonds. The normalized spacial score (nSPS) is 15.4. The molecular weight excluding hydrogens is 270 g/mol. The molecule has 1 aliphatic heterocycles. The smallest absolute Gasteiger partial charge is 0.305 e. The molecule has 1 aromatic rings. The first-order chi connectivity index (χ1) is 10.1. The van der Waals surface area contributed by atoms with Gasteiger partial charge in [0.05, 0.1) is 4.92 Å². The molecule has 21 heavy (non-hydrogen) atoms. The van der Waals surface area contributed by atoms with E-state index in [0.29, 0.717) is 25.3 Å². The SMILES string of the molecule is CCNc1cccc(C(=O)N2CCCCCC2)c1[N+](=O)[O-]. The van der Waals surface area contributed by atoms with E-state index in [-0.39, 0.29) is 17.2 Å². The summed E-state index contributed by atoms with van der Waals surface area (Å²) >= 11 is 0. The van der Waals surface area contributed by atoms with Crippen LogP contribution in [0.5, 0.6) is 0 Å². The number of likely N-dealkylation sites (tertiary alicyclic amines) is 1. The number of anilines is 1. The van der Waals surface area contributed by atoms with Gasteiger partial charge in [0.15, 0.2) is 0 Å². The van der Waals surface area contributed by atoms with Crippen LogP contribution in [0.4, 0.5) is 11.4 Å². The summed E-state index contributed by atoms with van der Waals surface area (Å²) in [5.74, 6) is -0.233. The summed E-state index contributed by atoms with van der Waals surface area (Å²) in [6.45, 7) is 3.80. The van der Waals surface area contributed by atoms with Crippen molar-refractivity contribution in [1.82, 2.24) is 4.90 Å². The standard InChI is InChI=1S/C15H21N3O3/c1-2-16-13-9-7-8-12(14(13)18(20)21)15(19)17-10-5-3-4-6-11-17/h7-9,16H,2-6,10-11H2,1H3. The molecule has 0 aromatic heterocycles. The van der Waals surface area contributed by atoms with Gasteiger partial charge in [-0.15, -0.1) is 0 Å². The summed E-state index contributed by atoms with van der Waals surface area (Å²) in [7, 11) is 0. The van der Waals surface area contributed by atoms with Gasteiger partial charge in [-0.1, -0.05) is 18.9 Å². The Morgan fingerprint density at radius 1 is 1.29 bits per heavy atom. The number of carbonyl (C=O) groups excluding carboxylic acids is 1. The lowest BCUT2D eigenvalue weighted by Gasteiger charge is -2.20. The zero-order valence-electron chi connectivity index (χ0n) is 12.3. The Labute approximate surface area is 124 Å². The maximum atomic E-state index is 12.6. The first-order valence-electron chi connectivity index (χ1n) is 7.45. The van der Waals surface area contributed by atoms with Crippen molar-refractivity contribution in [1.29, 1.82) is 0 Å². The summed E-state index contributed by atoms with van der Waals surface area (Å²) in [6.07, 6.45) is 4.16. The molecule has 0 aliphatic carbocycles.